The Morgan fingerprint density at radius 1 is 0.867 bits per heavy atom. The average molecular weight is 402 g/mol. The third-order valence-corrected chi connectivity index (χ3v) is 4.91. The van der Waals surface area contributed by atoms with Crippen molar-refractivity contribution in [3.05, 3.63) is 102 Å². The number of benzene rings is 3. The van der Waals surface area contributed by atoms with Crippen LogP contribution in [0, 0.1) is 0 Å². The molecule has 0 aliphatic heterocycles. The summed E-state index contributed by atoms with van der Waals surface area (Å²) in [5.41, 5.74) is 3.20. The molecule has 0 atom stereocenters. The van der Waals surface area contributed by atoms with Gasteiger partial charge in [-0.3, -0.25) is 4.79 Å². The van der Waals surface area contributed by atoms with Gasteiger partial charge in [-0.2, -0.15) is 0 Å². The first-order valence-electron chi connectivity index (χ1n) is 10.3. The van der Waals surface area contributed by atoms with Crippen LogP contribution in [0.5, 0.6) is 0 Å². The summed E-state index contributed by atoms with van der Waals surface area (Å²) in [7, 11) is 0. The molecule has 1 N–H and O–H groups in total. The van der Waals surface area contributed by atoms with Crippen molar-refractivity contribution < 1.29 is 14.3 Å². The predicted octanol–water partition coefficient (Wildman–Crippen LogP) is 5.80. The maximum Gasteiger partial charge on any atom is 0.338 e. The molecule has 3 aromatic carbocycles. The molecule has 0 saturated carbocycles. The monoisotopic (exact) mass is 401 g/mol. The number of carbonyl (C=O) groups excluding carboxylic acids is 2. The lowest BCUT2D eigenvalue weighted by Gasteiger charge is -2.18. The Kier molecular flexibility index (Phi) is 7.78. The van der Waals surface area contributed by atoms with Crippen molar-refractivity contribution in [2.45, 2.75) is 32.1 Å². The smallest absolute Gasteiger partial charge is 0.338 e. The van der Waals surface area contributed by atoms with Crippen molar-refractivity contribution in [1.82, 2.24) is 0 Å². The van der Waals surface area contributed by atoms with E-state index in [9.17, 15) is 9.59 Å². The Hall–Kier alpha value is -3.40. The lowest BCUT2D eigenvalue weighted by atomic mass is 9.88. The topological polar surface area (TPSA) is 55.4 Å². The highest BCUT2D eigenvalue weighted by Gasteiger charge is 2.18. The number of hydrogen-bond acceptors (Lipinski definition) is 3. The molecule has 0 aliphatic carbocycles. The number of carbonyl (C=O) groups is 2. The van der Waals surface area contributed by atoms with Crippen LogP contribution in [-0.2, 0) is 9.53 Å². The highest BCUT2D eigenvalue weighted by molar-refractivity contribution is 5.95. The van der Waals surface area contributed by atoms with Crippen molar-refractivity contribution in [3.63, 3.8) is 0 Å². The molecule has 4 nitrogen and oxygen atoms in total. The van der Waals surface area contributed by atoms with E-state index < -0.39 is 0 Å². The third kappa shape index (κ3) is 6.05. The molecule has 3 rings (SSSR count). The molecule has 1 amide bonds. The number of rotatable bonds is 9. The SMILES string of the molecule is CCCCOC(=O)c1cccc(NC(=O)CC(c2ccccc2)c2ccccc2)c1. The van der Waals surface area contributed by atoms with Gasteiger partial charge in [-0.05, 0) is 35.7 Å². The molecule has 154 valence electrons. The third-order valence-electron chi connectivity index (χ3n) is 4.91. The fourth-order valence-electron chi connectivity index (χ4n) is 3.31. The summed E-state index contributed by atoms with van der Waals surface area (Å²) in [6, 6.07) is 26.9. The normalized spacial score (nSPS) is 10.6. The van der Waals surface area contributed by atoms with Gasteiger partial charge in [0.05, 0.1) is 12.2 Å². The molecule has 0 fully saturated rings. The van der Waals surface area contributed by atoms with Crippen LogP contribution in [0.15, 0.2) is 84.9 Å². The fraction of sp³-hybridized carbons (Fsp3) is 0.231. The number of anilines is 1. The number of nitrogens with one attached hydrogen (secondary N) is 1. The van der Waals surface area contributed by atoms with Crippen LogP contribution in [0.25, 0.3) is 0 Å². The molecular weight excluding hydrogens is 374 g/mol. The zero-order valence-electron chi connectivity index (χ0n) is 17.2. The zero-order valence-corrected chi connectivity index (χ0v) is 17.2. The van der Waals surface area contributed by atoms with Crippen LogP contribution in [0.4, 0.5) is 5.69 Å². The molecule has 0 bridgehead atoms. The van der Waals surface area contributed by atoms with Crippen molar-refractivity contribution in [3.8, 4) is 0 Å². The van der Waals surface area contributed by atoms with Gasteiger partial charge in [-0.1, -0.05) is 80.1 Å². The van der Waals surface area contributed by atoms with Crippen molar-refractivity contribution in [1.29, 1.82) is 0 Å². The summed E-state index contributed by atoms with van der Waals surface area (Å²) in [6.07, 6.45) is 2.11. The van der Waals surface area contributed by atoms with E-state index in [1.54, 1.807) is 24.3 Å². The number of unbranched alkanes of at least 4 members (excludes halogenated alkanes) is 1. The van der Waals surface area contributed by atoms with E-state index in [0.717, 1.165) is 24.0 Å². The highest BCUT2D eigenvalue weighted by Crippen LogP contribution is 2.28. The molecule has 4 heteroatoms. The summed E-state index contributed by atoms with van der Waals surface area (Å²) >= 11 is 0. The van der Waals surface area contributed by atoms with Gasteiger partial charge in [0.15, 0.2) is 0 Å². The Morgan fingerprint density at radius 3 is 2.10 bits per heavy atom. The molecule has 0 radical (unpaired) electrons. The predicted molar refractivity (Wildman–Crippen MR) is 120 cm³/mol. The van der Waals surface area contributed by atoms with Crippen LogP contribution in [0.1, 0.15) is 53.6 Å². The number of amides is 1. The zero-order chi connectivity index (χ0) is 21.2. The molecule has 3 aromatic rings. The average Bonchev–Trinajstić information content (AvgIpc) is 2.79. The summed E-state index contributed by atoms with van der Waals surface area (Å²) < 4.78 is 5.26. The van der Waals surface area contributed by atoms with E-state index in [1.165, 1.54) is 0 Å². The number of ether oxygens (including phenoxy) is 1. The Morgan fingerprint density at radius 2 is 1.50 bits per heavy atom. The van der Waals surface area contributed by atoms with Gasteiger partial charge in [0.25, 0.3) is 0 Å². The highest BCUT2D eigenvalue weighted by atomic mass is 16.5. The van der Waals surface area contributed by atoms with Crippen molar-refractivity contribution in [2.75, 3.05) is 11.9 Å². The number of esters is 1. The van der Waals surface area contributed by atoms with E-state index in [-0.39, 0.29) is 17.8 Å². The van der Waals surface area contributed by atoms with Crippen molar-refractivity contribution >= 4 is 17.6 Å². The van der Waals surface area contributed by atoms with E-state index in [0.29, 0.717) is 24.3 Å². The second-order valence-electron chi connectivity index (χ2n) is 7.20. The Labute approximate surface area is 177 Å². The number of hydrogen-bond donors (Lipinski definition) is 1. The summed E-state index contributed by atoms with van der Waals surface area (Å²) in [6.45, 7) is 2.45. The van der Waals surface area contributed by atoms with Gasteiger partial charge < -0.3 is 10.1 Å². The minimum absolute atomic E-state index is 0.0467. The minimum atomic E-state index is -0.369. The lowest BCUT2D eigenvalue weighted by molar-refractivity contribution is -0.116. The van der Waals surface area contributed by atoms with Crippen LogP contribution in [0.3, 0.4) is 0 Å². The summed E-state index contributed by atoms with van der Waals surface area (Å²) in [5.74, 6) is -0.523. The molecule has 0 aliphatic rings. The largest absolute Gasteiger partial charge is 0.462 e. The lowest BCUT2D eigenvalue weighted by Crippen LogP contribution is -2.17. The first kappa shape index (κ1) is 21.3. The van der Waals surface area contributed by atoms with Gasteiger partial charge in [0, 0.05) is 18.0 Å². The fourth-order valence-corrected chi connectivity index (χ4v) is 3.31. The molecule has 30 heavy (non-hydrogen) atoms. The Balaban J connectivity index is 1.70. The first-order chi connectivity index (χ1) is 14.7. The second-order valence-corrected chi connectivity index (χ2v) is 7.20. The summed E-state index contributed by atoms with van der Waals surface area (Å²) in [5, 5.41) is 2.93. The van der Waals surface area contributed by atoms with Crippen LogP contribution in [0.2, 0.25) is 0 Å². The van der Waals surface area contributed by atoms with E-state index >= 15 is 0 Å². The Bertz CT molecular complexity index is 915. The quantitative estimate of drug-likeness (QED) is 0.364. The summed E-state index contributed by atoms with van der Waals surface area (Å²) in [4.78, 5) is 25.0. The maximum atomic E-state index is 12.8. The van der Waals surface area contributed by atoms with Crippen LogP contribution >= 0.6 is 0 Å². The van der Waals surface area contributed by atoms with Gasteiger partial charge in [0.1, 0.15) is 0 Å². The molecule has 0 saturated heterocycles. The van der Waals surface area contributed by atoms with E-state index in [4.69, 9.17) is 4.74 Å². The maximum absolute atomic E-state index is 12.8. The van der Waals surface area contributed by atoms with Gasteiger partial charge in [0.2, 0.25) is 5.91 Å². The molecular formula is C26H27NO3. The van der Waals surface area contributed by atoms with Gasteiger partial charge >= 0.3 is 5.97 Å². The second kappa shape index (κ2) is 11.0. The van der Waals surface area contributed by atoms with Crippen molar-refractivity contribution in [2.24, 2.45) is 0 Å². The molecule has 0 spiro atoms. The standard InChI is InChI=1S/C26H27NO3/c1-2-3-17-30-26(29)22-15-10-16-23(18-22)27-25(28)19-24(20-11-6-4-7-12-20)21-13-8-5-9-14-21/h4-16,18,24H,2-3,17,19H2,1H3,(H,27,28). The van der Waals surface area contributed by atoms with Crippen LogP contribution < -0.4 is 5.32 Å². The van der Waals surface area contributed by atoms with Gasteiger partial charge in [-0.25, -0.2) is 4.79 Å². The van der Waals surface area contributed by atoms with E-state index in [1.807, 2.05) is 67.6 Å². The minimum Gasteiger partial charge on any atom is -0.462 e. The molecule has 0 aromatic heterocycles. The van der Waals surface area contributed by atoms with Crippen LogP contribution in [-0.4, -0.2) is 18.5 Å². The first-order valence-corrected chi connectivity index (χ1v) is 10.3. The van der Waals surface area contributed by atoms with Gasteiger partial charge in [-0.15, -0.1) is 0 Å². The molecule has 0 heterocycles. The van der Waals surface area contributed by atoms with E-state index in [2.05, 4.69) is 5.32 Å². The molecule has 0 unspecified atom stereocenters.